The molecule has 0 aromatic carbocycles. The summed E-state index contributed by atoms with van der Waals surface area (Å²) < 4.78 is 0. The fraction of sp³-hybridized carbons (Fsp3) is 0.533. The van der Waals surface area contributed by atoms with E-state index in [2.05, 4.69) is 27.9 Å². The van der Waals surface area contributed by atoms with Gasteiger partial charge in [0.25, 0.3) is 0 Å². The number of hydrogen-bond acceptors (Lipinski definition) is 5. The van der Waals surface area contributed by atoms with Gasteiger partial charge in [0.05, 0.1) is 10.8 Å². The van der Waals surface area contributed by atoms with Crippen molar-refractivity contribution in [3.8, 4) is 0 Å². The van der Waals surface area contributed by atoms with E-state index in [-0.39, 0.29) is 0 Å². The Bertz CT molecular complexity index is 675. The number of carboxylic acid groups (broad SMARTS) is 1. The zero-order valence-corrected chi connectivity index (χ0v) is 13.1. The zero-order valence-electron chi connectivity index (χ0n) is 12.3. The van der Waals surface area contributed by atoms with E-state index in [1.54, 1.807) is 17.7 Å². The van der Waals surface area contributed by atoms with Crippen LogP contribution >= 0.6 is 11.3 Å². The third-order valence-corrected chi connectivity index (χ3v) is 5.54. The molecule has 0 bridgehead atoms. The first-order valence-electron chi connectivity index (χ1n) is 7.25. The van der Waals surface area contributed by atoms with Crippen LogP contribution in [0.1, 0.15) is 31.1 Å². The summed E-state index contributed by atoms with van der Waals surface area (Å²) in [5.41, 5.74) is -0.562. The summed E-state index contributed by atoms with van der Waals surface area (Å²) in [6.45, 7) is 5.51. The van der Waals surface area contributed by atoms with Gasteiger partial charge in [-0.15, -0.1) is 11.3 Å². The Kier molecular flexibility index (Phi) is 3.57. The van der Waals surface area contributed by atoms with Crippen molar-refractivity contribution >= 4 is 33.3 Å². The number of fused-ring (bicyclic) bond motifs is 1. The highest BCUT2D eigenvalue weighted by Crippen LogP contribution is 2.38. The third-order valence-electron chi connectivity index (χ3n) is 4.58. The summed E-state index contributed by atoms with van der Waals surface area (Å²) in [5, 5.41) is 10.6. The predicted molar refractivity (Wildman–Crippen MR) is 84.0 cm³/mol. The molecule has 0 spiro atoms. The average Bonchev–Trinajstić information content (AvgIpc) is 2.87. The quantitative estimate of drug-likeness (QED) is 0.944. The molecule has 0 unspecified atom stereocenters. The van der Waals surface area contributed by atoms with Crippen LogP contribution in [0.5, 0.6) is 0 Å². The van der Waals surface area contributed by atoms with Crippen LogP contribution in [0, 0.1) is 12.3 Å². The standard InChI is InChI=1S/C15H19N3O2S/c1-3-15(14(19)20)4-6-18(7-5-15)12-11-8-10(2)21-13(11)17-9-16-12/h8-9H,3-7H2,1-2H3,(H,19,20). The molecule has 0 radical (unpaired) electrons. The molecule has 1 aliphatic heterocycles. The molecule has 112 valence electrons. The van der Waals surface area contributed by atoms with Crippen LogP contribution < -0.4 is 4.90 Å². The van der Waals surface area contributed by atoms with Gasteiger partial charge in [-0.05, 0) is 32.3 Å². The van der Waals surface area contributed by atoms with Gasteiger partial charge in [0.15, 0.2) is 0 Å². The molecule has 0 aliphatic carbocycles. The second-order valence-electron chi connectivity index (χ2n) is 5.70. The molecule has 3 heterocycles. The van der Waals surface area contributed by atoms with E-state index in [0.29, 0.717) is 19.3 Å². The van der Waals surface area contributed by atoms with Crippen molar-refractivity contribution in [3.05, 3.63) is 17.3 Å². The van der Waals surface area contributed by atoms with Gasteiger partial charge in [-0.3, -0.25) is 4.79 Å². The van der Waals surface area contributed by atoms with Crippen LogP contribution in [0.25, 0.3) is 10.2 Å². The molecule has 21 heavy (non-hydrogen) atoms. The molecular formula is C15H19N3O2S. The normalized spacial score (nSPS) is 18.1. The lowest BCUT2D eigenvalue weighted by molar-refractivity contribution is -0.150. The lowest BCUT2D eigenvalue weighted by Gasteiger charge is -2.39. The maximum absolute atomic E-state index is 11.5. The number of aliphatic carboxylic acids is 1. The molecule has 0 atom stereocenters. The van der Waals surface area contributed by atoms with Crippen molar-refractivity contribution in [1.82, 2.24) is 9.97 Å². The number of nitrogens with zero attached hydrogens (tertiary/aromatic N) is 3. The van der Waals surface area contributed by atoms with Crippen molar-refractivity contribution in [2.45, 2.75) is 33.1 Å². The first-order chi connectivity index (χ1) is 10.1. The van der Waals surface area contributed by atoms with E-state index in [1.807, 2.05) is 6.92 Å². The number of hydrogen-bond donors (Lipinski definition) is 1. The second-order valence-corrected chi connectivity index (χ2v) is 6.93. The Hall–Kier alpha value is -1.69. The van der Waals surface area contributed by atoms with Gasteiger partial charge in [0, 0.05) is 18.0 Å². The Morgan fingerprint density at radius 1 is 1.43 bits per heavy atom. The van der Waals surface area contributed by atoms with Crippen LogP contribution in [0.2, 0.25) is 0 Å². The number of rotatable bonds is 3. The van der Waals surface area contributed by atoms with Gasteiger partial charge in [0.1, 0.15) is 17.0 Å². The van der Waals surface area contributed by atoms with Crippen LogP contribution in [0.3, 0.4) is 0 Å². The van der Waals surface area contributed by atoms with Crippen LogP contribution in [0.15, 0.2) is 12.4 Å². The maximum Gasteiger partial charge on any atom is 0.309 e. The molecule has 3 rings (SSSR count). The van der Waals surface area contributed by atoms with Gasteiger partial charge < -0.3 is 10.0 Å². The Morgan fingerprint density at radius 2 is 2.14 bits per heavy atom. The van der Waals surface area contributed by atoms with E-state index < -0.39 is 11.4 Å². The highest BCUT2D eigenvalue weighted by Gasteiger charge is 2.40. The highest BCUT2D eigenvalue weighted by atomic mass is 32.1. The number of anilines is 1. The van der Waals surface area contributed by atoms with Gasteiger partial charge in [-0.1, -0.05) is 6.92 Å². The molecule has 1 N–H and O–H groups in total. The van der Waals surface area contributed by atoms with Crippen LogP contribution in [-0.2, 0) is 4.79 Å². The van der Waals surface area contributed by atoms with Crippen LogP contribution in [-0.4, -0.2) is 34.1 Å². The predicted octanol–water partition coefficient (Wildman–Crippen LogP) is 3.08. The van der Waals surface area contributed by atoms with Gasteiger partial charge in [-0.25, -0.2) is 9.97 Å². The minimum Gasteiger partial charge on any atom is -0.481 e. The minimum absolute atomic E-state index is 0.562. The number of carboxylic acids is 1. The summed E-state index contributed by atoms with van der Waals surface area (Å²) >= 11 is 1.67. The van der Waals surface area contributed by atoms with E-state index in [0.717, 1.165) is 29.1 Å². The molecule has 2 aromatic rings. The fourth-order valence-electron chi connectivity index (χ4n) is 3.08. The number of aryl methyl sites for hydroxylation is 1. The molecule has 2 aromatic heterocycles. The maximum atomic E-state index is 11.5. The fourth-order valence-corrected chi connectivity index (χ4v) is 3.92. The van der Waals surface area contributed by atoms with Crippen molar-refractivity contribution in [2.24, 2.45) is 5.41 Å². The molecule has 5 nitrogen and oxygen atoms in total. The number of piperidine rings is 1. The lowest BCUT2D eigenvalue weighted by Crippen LogP contribution is -2.44. The van der Waals surface area contributed by atoms with Gasteiger partial charge in [-0.2, -0.15) is 0 Å². The van der Waals surface area contributed by atoms with Crippen molar-refractivity contribution in [1.29, 1.82) is 0 Å². The largest absolute Gasteiger partial charge is 0.481 e. The van der Waals surface area contributed by atoms with Crippen LogP contribution in [0.4, 0.5) is 5.82 Å². The summed E-state index contributed by atoms with van der Waals surface area (Å²) in [7, 11) is 0. The van der Waals surface area contributed by atoms with E-state index >= 15 is 0 Å². The molecular weight excluding hydrogens is 286 g/mol. The number of carbonyl (C=O) groups is 1. The zero-order chi connectivity index (χ0) is 15.0. The van der Waals surface area contributed by atoms with Gasteiger partial charge >= 0.3 is 5.97 Å². The topological polar surface area (TPSA) is 66.3 Å². The van der Waals surface area contributed by atoms with Crippen molar-refractivity contribution < 1.29 is 9.90 Å². The monoisotopic (exact) mass is 305 g/mol. The minimum atomic E-state index is -0.663. The summed E-state index contributed by atoms with van der Waals surface area (Å²) in [6.07, 6.45) is 3.64. The van der Waals surface area contributed by atoms with Gasteiger partial charge in [0.2, 0.25) is 0 Å². The first-order valence-corrected chi connectivity index (χ1v) is 8.07. The van der Waals surface area contributed by atoms with E-state index in [4.69, 9.17) is 0 Å². The van der Waals surface area contributed by atoms with Crippen molar-refractivity contribution in [2.75, 3.05) is 18.0 Å². The summed E-state index contributed by atoms with van der Waals surface area (Å²) in [6, 6.07) is 2.12. The molecule has 1 fully saturated rings. The molecule has 6 heteroatoms. The lowest BCUT2D eigenvalue weighted by atomic mass is 9.76. The average molecular weight is 305 g/mol. The summed E-state index contributed by atoms with van der Waals surface area (Å²) in [5.74, 6) is 0.281. The smallest absolute Gasteiger partial charge is 0.309 e. The Balaban J connectivity index is 1.87. The van der Waals surface area contributed by atoms with E-state index in [1.165, 1.54) is 4.88 Å². The second kappa shape index (κ2) is 5.26. The molecule has 1 aliphatic rings. The number of thiophene rings is 1. The molecule has 0 saturated carbocycles. The summed E-state index contributed by atoms with van der Waals surface area (Å²) in [4.78, 5) is 24.7. The Morgan fingerprint density at radius 3 is 2.76 bits per heavy atom. The Labute approximate surface area is 127 Å². The first kappa shape index (κ1) is 14.3. The highest BCUT2D eigenvalue weighted by molar-refractivity contribution is 7.18. The molecule has 0 amide bonds. The SMILES string of the molecule is CCC1(C(=O)O)CCN(c2ncnc3sc(C)cc23)CC1. The molecule has 1 saturated heterocycles. The van der Waals surface area contributed by atoms with Crippen molar-refractivity contribution in [3.63, 3.8) is 0 Å². The van der Waals surface area contributed by atoms with E-state index in [9.17, 15) is 9.90 Å². The third kappa shape index (κ3) is 2.37. The number of aromatic nitrogens is 2.